The van der Waals surface area contributed by atoms with E-state index < -0.39 is 40.1 Å². The van der Waals surface area contributed by atoms with Gasteiger partial charge in [0.1, 0.15) is 11.2 Å². The van der Waals surface area contributed by atoms with E-state index in [0.29, 0.717) is 34.5 Å². The van der Waals surface area contributed by atoms with E-state index in [4.69, 9.17) is 23.9 Å². The van der Waals surface area contributed by atoms with Crippen LogP contribution in [0.1, 0.15) is 88.8 Å². The minimum atomic E-state index is -1.13. The Morgan fingerprint density at radius 3 is 2.35 bits per heavy atom. The second kappa shape index (κ2) is 13.3. The number of ether oxygens (including phenoxy) is 3. The first kappa shape index (κ1) is 33.1. The van der Waals surface area contributed by atoms with E-state index >= 15 is 0 Å². The van der Waals surface area contributed by atoms with Gasteiger partial charge in [-0.15, -0.1) is 0 Å². The first-order valence-electron chi connectivity index (χ1n) is 13.9. The molecule has 0 aromatic heterocycles. The topological polar surface area (TPSA) is 147 Å². The Kier molecular flexibility index (Phi) is 10.2. The number of nitro benzene ring substituents is 1. The maximum Gasteiger partial charge on any atom is 0.536 e. The average molecular weight is 602 g/mol. The quantitative estimate of drug-likeness (QED) is 0.183. The summed E-state index contributed by atoms with van der Waals surface area (Å²) >= 11 is 0. The highest BCUT2D eigenvalue weighted by atomic mass is 17.0. The summed E-state index contributed by atoms with van der Waals surface area (Å²) in [5, 5.41) is 12.2. The Morgan fingerprint density at radius 2 is 1.77 bits per heavy atom. The molecule has 1 aliphatic heterocycles. The number of methoxy groups -OCH3 is 1. The summed E-state index contributed by atoms with van der Waals surface area (Å²) in [6.45, 7) is 12.2. The molecule has 0 fully saturated rings. The average Bonchev–Trinajstić information content (AvgIpc) is 3.23. The highest BCUT2D eigenvalue weighted by Crippen LogP contribution is 2.40. The molecule has 1 atom stereocenters. The molecule has 43 heavy (non-hydrogen) atoms. The minimum absolute atomic E-state index is 0.00770. The lowest BCUT2D eigenvalue weighted by Gasteiger charge is -2.31. The van der Waals surface area contributed by atoms with Crippen molar-refractivity contribution in [2.45, 2.75) is 85.1 Å². The van der Waals surface area contributed by atoms with E-state index in [1.807, 2.05) is 6.92 Å². The molecular formula is C30H39N3O10. The Labute approximate surface area is 250 Å². The van der Waals surface area contributed by atoms with Crippen molar-refractivity contribution in [1.29, 1.82) is 0 Å². The lowest BCUT2D eigenvalue weighted by Crippen LogP contribution is -2.41. The van der Waals surface area contributed by atoms with Crippen molar-refractivity contribution in [2.75, 3.05) is 13.7 Å². The summed E-state index contributed by atoms with van der Waals surface area (Å²) in [4.78, 5) is 62.8. The van der Waals surface area contributed by atoms with Crippen molar-refractivity contribution in [3.05, 3.63) is 63.2 Å². The third-order valence-corrected chi connectivity index (χ3v) is 6.13. The summed E-state index contributed by atoms with van der Waals surface area (Å²) in [5.41, 5.74) is -0.963. The zero-order valence-corrected chi connectivity index (χ0v) is 25.8. The van der Waals surface area contributed by atoms with Crippen LogP contribution in [0.15, 0.2) is 36.4 Å². The van der Waals surface area contributed by atoms with Crippen LogP contribution in [0.25, 0.3) is 0 Å². The van der Waals surface area contributed by atoms with E-state index in [9.17, 15) is 24.5 Å². The number of carbonyl (C=O) groups excluding carboxylic acids is 3. The molecule has 0 spiro atoms. The van der Waals surface area contributed by atoms with Crippen LogP contribution < -0.4 is 9.47 Å². The molecule has 0 aliphatic carbocycles. The van der Waals surface area contributed by atoms with Gasteiger partial charge in [0.05, 0.1) is 30.3 Å². The van der Waals surface area contributed by atoms with Gasteiger partial charge in [-0.05, 0) is 83.4 Å². The van der Waals surface area contributed by atoms with Crippen molar-refractivity contribution < 1.29 is 43.2 Å². The number of rotatable bonds is 10. The van der Waals surface area contributed by atoms with Crippen LogP contribution in [0.5, 0.6) is 11.5 Å². The third kappa shape index (κ3) is 8.57. The zero-order chi connectivity index (χ0) is 32.1. The van der Waals surface area contributed by atoms with Crippen LogP contribution >= 0.6 is 0 Å². The van der Waals surface area contributed by atoms with Gasteiger partial charge >= 0.3 is 6.16 Å². The standard InChI is InChI=1S/C30H39N3O10/c1-9-40-24-17-19(13-15-23(24)39-8)21(31-18-20-11-10-12-22(32(37)38)26(20)27(31)35)14-16-25(34)33(43-30(5,6)7)42-28(36)41-29(2,3)4/h10-13,15,17,21H,9,14,16,18H2,1-8H3/t21-/m1/s1. The lowest BCUT2D eigenvalue weighted by molar-refractivity contribution is -0.385. The number of hydroxylamine groups is 2. The summed E-state index contributed by atoms with van der Waals surface area (Å²) in [6.07, 6.45) is -1.32. The number of hydrogen-bond donors (Lipinski definition) is 0. The highest BCUT2D eigenvalue weighted by molar-refractivity contribution is 6.02. The first-order valence-corrected chi connectivity index (χ1v) is 13.9. The van der Waals surface area contributed by atoms with Crippen molar-refractivity contribution >= 4 is 23.7 Å². The third-order valence-electron chi connectivity index (χ3n) is 6.13. The normalized spacial score (nSPS) is 13.7. The zero-order valence-electron chi connectivity index (χ0n) is 25.8. The van der Waals surface area contributed by atoms with Crippen LogP contribution in [0.2, 0.25) is 0 Å². The molecule has 3 rings (SSSR count). The fraction of sp³-hybridized carbons (Fsp3) is 0.500. The maximum absolute atomic E-state index is 13.7. The molecule has 0 saturated heterocycles. The van der Waals surface area contributed by atoms with Crippen molar-refractivity contribution in [2.24, 2.45) is 0 Å². The van der Waals surface area contributed by atoms with Gasteiger partial charge in [0.15, 0.2) is 11.5 Å². The van der Waals surface area contributed by atoms with Gasteiger partial charge in [0.2, 0.25) is 0 Å². The van der Waals surface area contributed by atoms with Crippen molar-refractivity contribution in [3.8, 4) is 11.5 Å². The van der Waals surface area contributed by atoms with Crippen LogP contribution in [-0.2, 0) is 25.8 Å². The Bertz CT molecular complexity index is 1360. The summed E-state index contributed by atoms with van der Waals surface area (Å²) in [7, 11) is 1.50. The maximum atomic E-state index is 13.7. The molecule has 1 heterocycles. The Balaban J connectivity index is 1.96. The van der Waals surface area contributed by atoms with Crippen LogP contribution in [-0.4, -0.2) is 57.9 Å². The second-order valence-electron chi connectivity index (χ2n) is 11.8. The molecule has 2 aromatic carbocycles. The number of nitro groups is 1. The van der Waals surface area contributed by atoms with Gasteiger partial charge in [-0.1, -0.05) is 18.2 Å². The second-order valence-corrected chi connectivity index (χ2v) is 11.8. The van der Waals surface area contributed by atoms with Gasteiger partial charge in [0, 0.05) is 19.0 Å². The molecule has 0 saturated carbocycles. The fourth-order valence-corrected chi connectivity index (χ4v) is 4.50. The summed E-state index contributed by atoms with van der Waals surface area (Å²) < 4.78 is 16.3. The van der Waals surface area contributed by atoms with Gasteiger partial charge in [-0.25, -0.2) is 9.63 Å². The Hall–Kier alpha value is -4.39. The summed E-state index contributed by atoms with van der Waals surface area (Å²) in [6, 6.07) is 8.88. The number of nitrogens with zero attached hydrogens (tertiary/aromatic N) is 3. The SMILES string of the molecule is CCOc1cc([C@@H](CCC(=O)N(OC(=O)OC(C)(C)C)OC(C)(C)C)N2Cc3cccc([N+](=O)[O-])c3C2=O)ccc1OC. The molecule has 0 radical (unpaired) electrons. The van der Waals surface area contributed by atoms with Crippen LogP contribution in [0.3, 0.4) is 0 Å². The molecule has 2 amide bonds. The molecular weight excluding hydrogens is 562 g/mol. The predicted octanol–water partition coefficient (Wildman–Crippen LogP) is 5.90. The van der Waals surface area contributed by atoms with Crippen LogP contribution in [0, 0.1) is 10.1 Å². The monoisotopic (exact) mass is 601 g/mol. The molecule has 13 nitrogen and oxygen atoms in total. The number of hydrogen-bond acceptors (Lipinski definition) is 10. The molecule has 0 N–H and O–H groups in total. The Morgan fingerprint density at radius 1 is 1.07 bits per heavy atom. The van der Waals surface area contributed by atoms with E-state index in [0.717, 1.165) is 0 Å². The first-order chi connectivity index (χ1) is 20.0. The van der Waals surface area contributed by atoms with E-state index in [2.05, 4.69) is 0 Å². The lowest BCUT2D eigenvalue weighted by atomic mass is 9.99. The largest absolute Gasteiger partial charge is 0.536 e. The van der Waals surface area contributed by atoms with E-state index in [1.165, 1.54) is 24.1 Å². The van der Waals surface area contributed by atoms with Crippen LogP contribution in [0.4, 0.5) is 10.5 Å². The van der Waals surface area contributed by atoms with E-state index in [1.54, 1.807) is 65.8 Å². The molecule has 2 aromatic rings. The molecule has 13 heteroatoms. The number of amides is 2. The van der Waals surface area contributed by atoms with E-state index in [-0.39, 0.29) is 30.6 Å². The van der Waals surface area contributed by atoms with Gasteiger partial charge in [-0.2, -0.15) is 0 Å². The van der Waals surface area contributed by atoms with Gasteiger partial charge < -0.3 is 19.1 Å². The number of benzene rings is 2. The number of carbonyl (C=O) groups is 3. The smallest absolute Gasteiger partial charge is 0.493 e. The molecule has 1 aliphatic rings. The van der Waals surface area contributed by atoms with Crippen molar-refractivity contribution in [3.63, 3.8) is 0 Å². The minimum Gasteiger partial charge on any atom is -0.493 e. The number of fused-ring (bicyclic) bond motifs is 1. The van der Waals surface area contributed by atoms with Crippen molar-refractivity contribution in [1.82, 2.24) is 10.1 Å². The summed E-state index contributed by atoms with van der Waals surface area (Å²) in [5.74, 6) is -0.344. The fourth-order valence-electron chi connectivity index (χ4n) is 4.50. The highest BCUT2D eigenvalue weighted by Gasteiger charge is 2.39. The molecule has 0 unspecified atom stereocenters. The molecule has 234 valence electrons. The molecule has 0 bridgehead atoms. The van der Waals surface area contributed by atoms with Gasteiger partial charge in [-0.3, -0.25) is 24.5 Å². The van der Waals surface area contributed by atoms with Gasteiger partial charge in [0.25, 0.3) is 17.5 Å². The predicted molar refractivity (Wildman–Crippen MR) is 154 cm³/mol.